The molecule has 3 rings (SSSR count). The molecule has 0 saturated heterocycles. The summed E-state index contributed by atoms with van der Waals surface area (Å²) >= 11 is 1.06. The number of aromatic nitrogens is 4. The van der Waals surface area contributed by atoms with Gasteiger partial charge in [-0.2, -0.15) is 0 Å². The summed E-state index contributed by atoms with van der Waals surface area (Å²) in [6, 6.07) is 7.87. The third kappa shape index (κ3) is 2.07. The molecule has 1 aromatic carbocycles. The van der Waals surface area contributed by atoms with Gasteiger partial charge >= 0.3 is 0 Å². The van der Waals surface area contributed by atoms with Gasteiger partial charge in [0.25, 0.3) is 0 Å². The molecule has 2 heterocycles. The van der Waals surface area contributed by atoms with Crippen LogP contribution >= 0.6 is 11.5 Å². The fourth-order valence-corrected chi connectivity index (χ4v) is 2.18. The van der Waals surface area contributed by atoms with E-state index in [0.717, 1.165) is 28.0 Å². The van der Waals surface area contributed by atoms with Gasteiger partial charge in [-0.3, -0.25) is 10.1 Å². The summed E-state index contributed by atoms with van der Waals surface area (Å²) < 4.78 is 3.58. The van der Waals surface area contributed by atoms with Gasteiger partial charge in [0.2, 0.25) is 11.0 Å². The molecule has 0 saturated carbocycles. The monoisotopic (exact) mass is 259 g/mol. The van der Waals surface area contributed by atoms with Crippen molar-refractivity contribution >= 4 is 33.5 Å². The fourth-order valence-electron chi connectivity index (χ4n) is 1.80. The minimum absolute atomic E-state index is 0.127. The molecule has 3 aromatic rings. The van der Waals surface area contributed by atoms with Crippen LogP contribution in [0.15, 0.2) is 30.5 Å². The first-order valence-corrected chi connectivity index (χ1v) is 6.10. The Morgan fingerprint density at radius 3 is 3.11 bits per heavy atom. The van der Waals surface area contributed by atoms with Gasteiger partial charge in [0, 0.05) is 28.6 Å². The predicted octanol–water partition coefficient (Wildman–Crippen LogP) is 1.60. The van der Waals surface area contributed by atoms with Crippen molar-refractivity contribution in [2.24, 2.45) is 0 Å². The fraction of sp³-hybridized carbons (Fsp3) is 0.0909. The van der Waals surface area contributed by atoms with Crippen molar-refractivity contribution in [1.29, 1.82) is 0 Å². The summed E-state index contributed by atoms with van der Waals surface area (Å²) in [6.07, 6.45) is 2.15. The molecule has 0 unspecified atom stereocenters. The summed E-state index contributed by atoms with van der Waals surface area (Å²) in [5.74, 6) is -0.127. The third-order valence-electron chi connectivity index (χ3n) is 2.57. The van der Waals surface area contributed by atoms with Crippen LogP contribution in [0.25, 0.3) is 10.9 Å². The molecule has 7 heteroatoms. The summed E-state index contributed by atoms with van der Waals surface area (Å²) in [5.41, 5.74) is 1.98. The molecule has 18 heavy (non-hydrogen) atoms. The van der Waals surface area contributed by atoms with Crippen LogP contribution < -0.4 is 5.32 Å². The van der Waals surface area contributed by atoms with Crippen molar-refractivity contribution in [3.05, 3.63) is 36.0 Å². The zero-order valence-corrected chi connectivity index (χ0v) is 10.1. The Bertz CT molecular complexity index is 676. The molecular weight excluding hydrogens is 250 g/mol. The number of carbonyl (C=O) groups excluding carboxylic acids is 1. The number of aromatic amines is 1. The topological polar surface area (TPSA) is 83.6 Å². The number of carbonyl (C=O) groups is 1. The number of hydrogen-bond donors (Lipinski definition) is 2. The van der Waals surface area contributed by atoms with E-state index in [1.807, 2.05) is 30.5 Å². The molecule has 2 aromatic heterocycles. The van der Waals surface area contributed by atoms with Crippen molar-refractivity contribution in [1.82, 2.24) is 19.8 Å². The maximum Gasteiger partial charge on any atom is 0.231 e. The van der Waals surface area contributed by atoms with Crippen LogP contribution in [0.5, 0.6) is 0 Å². The quantitative estimate of drug-likeness (QED) is 0.748. The van der Waals surface area contributed by atoms with E-state index in [0.29, 0.717) is 11.6 Å². The normalized spacial score (nSPS) is 10.7. The highest BCUT2D eigenvalue weighted by Crippen LogP contribution is 2.18. The number of amides is 1. The van der Waals surface area contributed by atoms with E-state index in [9.17, 15) is 4.79 Å². The molecule has 0 aliphatic rings. The number of benzene rings is 1. The van der Waals surface area contributed by atoms with E-state index < -0.39 is 0 Å². The van der Waals surface area contributed by atoms with E-state index in [1.54, 1.807) is 0 Å². The molecule has 0 fully saturated rings. The van der Waals surface area contributed by atoms with Gasteiger partial charge in [0.15, 0.2) is 0 Å². The van der Waals surface area contributed by atoms with Crippen molar-refractivity contribution < 1.29 is 4.79 Å². The summed E-state index contributed by atoms with van der Waals surface area (Å²) in [7, 11) is 0. The Morgan fingerprint density at radius 1 is 1.39 bits per heavy atom. The van der Waals surface area contributed by atoms with Crippen LogP contribution in [0, 0.1) is 0 Å². The average Bonchev–Trinajstić information content (AvgIpc) is 3.00. The standard InChI is InChI=1S/C11H9N5OS/c17-10(13-11-14-15-16-18-11)5-7-6-12-9-4-2-1-3-8(7)9/h1-4,6,12H,5H2,(H,13,14,16,17). The number of fused-ring (bicyclic) bond motifs is 1. The first-order valence-electron chi connectivity index (χ1n) is 5.33. The molecule has 6 nitrogen and oxygen atoms in total. The third-order valence-corrected chi connectivity index (χ3v) is 3.08. The van der Waals surface area contributed by atoms with Crippen molar-refractivity contribution in [2.75, 3.05) is 5.32 Å². The van der Waals surface area contributed by atoms with Gasteiger partial charge in [-0.15, -0.1) is 0 Å². The smallest absolute Gasteiger partial charge is 0.231 e. The van der Waals surface area contributed by atoms with Crippen LogP contribution in [0.1, 0.15) is 5.56 Å². The van der Waals surface area contributed by atoms with Crippen molar-refractivity contribution in [3.63, 3.8) is 0 Å². The van der Waals surface area contributed by atoms with Gasteiger partial charge in [-0.25, -0.2) is 0 Å². The molecule has 0 bridgehead atoms. The number of nitrogens with zero attached hydrogens (tertiary/aromatic N) is 3. The Kier molecular flexibility index (Phi) is 2.73. The van der Waals surface area contributed by atoms with E-state index in [-0.39, 0.29) is 5.91 Å². The second kappa shape index (κ2) is 4.53. The van der Waals surface area contributed by atoms with E-state index >= 15 is 0 Å². The number of nitrogens with one attached hydrogen (secondary N) is 2. The van der Waals surface area contributed by atoms with Gasteiger partial charge in [-0.05, 0) is 16.8 Å². The van der Waals surface area contributed by atoms with Crippen molar-refractivity contribution in [2.45, 2.75) is 6.42 Å². The van der Waals surface area contributed by atoms with Gasteiger partial charge in [0.1, 0.15) is 0 Å². The summed E-state index contributed by atoms with van der Waals surface area (Å²) in [6.45, 7) is 0. The lowest BCUT2D eigenvalue weighted by Crippen LogP contribution is -2.14. The van der Waals surface area contributed by atoms with Gasteiger partial charge in [-0.1, -0.05) is 27.8 Å². The average molecular weight is 259 g/mol. The number of para-hydroxylation sites is 1. The van der Waals surface area contributed by atoms with Gasteiger partial charge in [0.05, 0.1) is 6.42 Å². The summed E-state index contributed by atoms with van der Waals surface area (Å²) in [5, 5.41) is 11.2. The number of rotatable bonds is 3. The SMILES string of the molecule is O=C(Cc1c[nH]c2ccccc12)Nc1nnns1. The Labute approximate surface area is 106 Å². The highest BCUT2D eigenvalue weighted by Gasteiger charge is 2.10. The van der Waals surface area contributed by atoms with E-state index in [2.05, 4.69) is 25.1 Å². The first kappa shape index (κ1) is 10.8. The van der Waals surface area contributed by atoms with Crippen molar-refractivity contribution in [3.8, 4) is 0 Å². The van der Waals surface area contributed by atoms with Crippen LogP contribution in [0.4, 0.5) is 5.13 Å². The van der Waals surface area contributed by atoms with Crippen LogP contribution in [-0.4, -0.2) is 25.7 Å². The molecule has 90 valence electrons. The summed E-state index contributed by atoms with van der Waals surface area (Å²) in [4.78, 5) is 14.9. The minimum Gasteiger partial charge on any atom is -0.361 e. The maximum atomic E-state index is 11.8. The minimum atomic E-state index is -0.127. The number of H-pyrrole nitrogens is 1. The van der Waals surface area contributed by atoms with Crippen LogP contribution in [0.3, 0.4) is 0 Å². The van der Waals surface area contributed by atoms with E-state index in [1.165, 1.54) is 0 Å². The van der Waals surface area contributed by atoms with Crippen LogP contribution in [-0.2, 0) is 11.2 Å². The second-order valence-corrected chi connectivity index (χ2v) is 4.48. The molecule has 0 aliphatic heterocycles. The first-order chi connectivity index (χ1) is 8.83. The molecule has 1 amide bonds. The zero-order chi connectivity index (χ0) is 12.4. The Hall–Kier alpha value is -2.28. The van der Waals surface area contributed by atoms with Crippen LogP contribution in [0.2, 0.25) is 0 Å². The lowest BCUT2D eigenvalue weighted by atomic mass is 10.1. The second-order valence-electron chi connectivity index (χ2n) is 3.75. The van der Waals surface area contributed by atoms with E-state index in [4.69, 9.17) is 0 Å². The maximum absolute atomic E-state index is 11.8. The molecule has 0 radical (unpaired) electrons. The Balaban J connectivity index is 1.78. The zero-order valence-electron chi connectivity index (χ0n) is 9.25. The highest BCUT2D eigenvalue weighted by atomic mass is 32.1. The highest BCUT2D eigenvalue weighted by molar-refractivity contribution is 7.09. The molecular formula is C11H9N5OS. The Morgan fingerprint density at radius 2 is 2.28 bits per heavy atom. The lowest BCUT2D eigenvalue weighted by molar-refractivity contribution is -0.115. The largest absolute Gasteiger partial charge is 0.361 e. The molecule has 0 atom stereocenters. The number of hydrogen-bond acceptors (Lipinski definition) is 5. The molecule has 0 spiro atoms. The van der Waals surface area contributed by atoms with Gasteiger partial charge < -0.3 is 4.98 Å². The molecule has 2 N–H and O–H groups in total. The predicted molar refractivity (Wildman–Crippen MR) is 68.3 cm³/mol. The lowest BCUT2D eigenvalue weighted by Gasteiger charge is -1.99. The molecule has 0 aliphatic carbocycles. The number of anilines is 1.